The molecule has 0 aromatic rings. The zero-order valence-corrected chi connectivity index (χ0v) is 13.6. The second kappa shape index (κ2) is 25.6. The molecule has 0 aromatic carbocycles. The van der Waals surface area contributed by atoms with E-state index in [0.717, 1.165) is 19.4 Å². The number of hydrogen-bond acceptors (Lipinski definition) is 8. The minimum atomic E-state index is 0.00978. The van der Waals surface area contributed by atoms with Crippen molar-refractivity contribution in [2.24, 2.45) is 0 Å². The van der Waals surface area contributed by atoms with Gasteiger partial charge in [-0.2, -0.15) is 0 Å². The minimum absolute atomic E-state index is 0.00978. The van der Waals surface area contributed by atoms with Gasteiger partial charge in [-0.25, -0.2) is 9.78 Å². The van der Waals surface area contributed by atoms with E-state index in [1.54, 1.807) is 0 Å². The lowest BCUT2D eigenvalue weighted by molar-refractivity contribution is -0.303. The van der Waals surface area contributed by atoms with Crippen molar-refractivity contribution in [2.45, 2.75) is 19.8 Å². The summed E-state index contributed by atoms with van der Waals surface area (Å²) in [4.78, 5) is 9.42. The summed E-state index contributed by atoms with van der Waals surface area (Å²) >= 11 is 0. The van der Waals surface area contributed by atoms with Gasteiger partial charge in [0.15, 0.2) is 0 Å². The van der Waals surface area contributed by atoms with Gasteiger partial charge in [-0.15, -0.1) is 0 Å². The standard InChI is InChI=1S/C8H18O6.C6H14O2/c9-1-3-11-5-7-13-14-8-6-12-4-2-10;1-2-3-5-8-6-4-7/h9-10H,1-8H2;7H,2-6H2,1H3. The Balaban J connectivity index is 0. The summed E-state index contributed by atoms with van der Waals surface area (Å²) in [7, 11) is 0. The van der Waals surface area contributed by atoms with Crippen LogP contribution in [0.4, 0.5) is 0 Å². The van der Waals surface area contributed by atoms with Gasteiger partial charge in [-0.3, -0.25) is 0 Å². The van der Waals surface area contributed by atoms with Gasteiger partial charge in [0.25, 0.3) is 0 Å². The molecule has 0 aliphatic carbocycles. The van der Waals surface area contributed by atoms with Gasteiger partial charge < -0.3 is 29.5 Å². The van der Waals surface area contributed by atoms with Crippen LogP contribution in [0.5, 0.6) is 0 Å². The van der Waals surface area contributed by atoms with E-state index in [9.17, 15) is 0 Å². The first-order chi connectivity index (χ1) is 10.8. The predicted molar refractivity (Wildman–Crippen MR) is 80.5 cm³/mol. The average molecular weight is 328 g/mol. The Hall–Kier alpha value is -0.320. The molecule has 0 fully saturated rings. The smallest absolute Gasteiger partial charge is 0.106 e. The molecule has 0 aromatic heterocycles. The maximum absolute atomic E-state index is 8.36. The molecule has 0 aliphatic rings. The first kappa shape index (κ1) is 23.9. The van der Waals surface area contributed by atoms with Gasteiger partial charge >= 0.3 is 0 Å². The SMILES string of the molecule is CCCCOCCO.OCCOCCOOCCOCCO. The summed E-state index contributed by atoms with van der Waals surface area (Å²) in [5, 5.41) is 25.0. The molecule has 0 saturated heterocycles. The lowest BCUT2D eigenvalue weighted by Gasteiger charge is -2.04. The van der Waals surface area contributed by atoms with Crippen molar-refractivity contribution < 1.29 is 39.3 Å². The molecule has 22 heavy (non-hydrogen) atoms. The van der Waals surface area contributed by atoms with Crippen LogP contribution >= 0.6 is 0 Å². The Morgan fingerprint density at radius 2 is 0.955 bits per heavy atom. The molecule has 3 N–H and O–H groups in total. The second-order valence-electron chi connectivity index (χ2n) is 4.01. The molecule has 0 saturated carbocycles. The number of aliphatic hydroxyl groups is 3. The summed E-state index contributed by atoms with van der Waals surface area (Å²) in [6, 6.07) is 0. The van der Waals surface area contributed by atoms with Crippen molar-refractivity contribution >= 4 is 0 Å². The highest BCUT2D eigenvalue weighted by atomic mass is 17.2. The topological polar surface area (TPSA) is 107 Å². The molecule has 0 rings (SSSR count). The second-order valence-corrected chi connectivity index (χ2v) is 4.01. The Morgan fingerprint density at radius 3 is 1.32 bits per heavy atom. The molecule has 0 unspecified atom stereocenters. The maximum Gasteiger partial charge on any atom is 0.106 e. The minimum Gasteiger partial charge on any atom is -0.394 e. The lowest BCUT2D eigenvalue weighted by atomic mass is 10.4. The molecule has 0 spiro atoms. The first-order valence-electron chi connectivity index (χ1n) is 7.63. The highest BCUT2D eigenvalue weighted by molar-refractivity contribution is 4.31. The fourth-order valence-electron chi connectivity index (χ4n) is 1.05. The van der Waals surface area contributed by atoms with Gasteiger partial charge in [-0.1, -0.05) is 13.3 Å². The van der Waals surface area contributed by atoms with Crippen molar-refractivity contribution in [3.8, 4) is 0 Å². The number of aliphatic hydroxyl groups excluding tert-OH is 3. The molecular weight excluding hydrogens is 296 g/mol. The van der Waals surface area contributed by atoms with Crippen LogP contribution in [-0.4, -0.2) is 88.0 Å². The fraction of sp³-hybridized carbons (Fsp3) is 1.00. The van der Waals surface area contributed by atoms with Gasteiger partial charge in [0.05, 0.1) is 52.9 Å². The highest BCUT2D eigenvalue weighted by Crippen LogP contribution is 1.86. The maximum atomic E-state index is 8.36. The zero-order chi connectivity index (χ0) is 16.7. The molecule has 0 radical (unpaired) electrons. The molecule has 8 nitrogen and oxygen atoms in total. The molecule has 0 amide bonds. The predicted octanol–water partition coefficient (Wildman–Crippen LogP) is -0.252. The Bertz CT molecular complexity index is 153. The number of hydrogen-bond donors (Lipinski definition) is 3. The third-order valence-electron chi connectivity index (χ3n) is 2.05. The zero-order valence-electron chi connectivity index (χ0n) is 13.6. The number of unbranched alkanes of at least 4 members (excludes halogenated alkanes) is 1. The highest BCUT2D eigenvalue weighted by Gasteiger charge is 1.91. The molecule has 0 aliphatic heterocycles. The van der Waals surface area contributed by atoms with Crippen molar-refractivity contribution in [2.75, 3.05) is 72.7 Å². The van der Waals surface area contributed by atoms with Crippen LogP contribution in [0.25, 0.3) is 0 Å². The van der Waals surface area contributed by atoms with Crippen LogP contribution in [0.2, 0.25) is 0 Å². The summed E-state index contributed by atoms with van der Waals surface area (Å²) in [5.41, 5.74) is 0. The lowest BCUT2D eigenvalue weighted by Crippen LogP contribution is -2.11. The Kier molecular flexibility index (Phi) is 27.9. The summed E-state index contributed by atoms with van der Waals surface area (Å²) in [5.74, 6) is 0. The van der Waals surface area contributed by atoms with Crippen LogP contribution in [0.3, 0.4) is 0 Å². The monoisotopic (exact) mass is 328 g/mol. The van der Waals surface area contributed by atoms with E-state index in [1.807, 2.05) is 0 Å². The quantitative estimate of drug-likeness (QED) is 0.202. The van der Waals surface area contributed by atoms with E-state index in [1.165, 1.54) is 0 Å². The van der Waals surface area contributed by atoms with Crippen LogP contribution in [0.1, 0.15) is 19.8 Å². The van der Waals surface area contributed by atoms with E-state index in [4.69, 9.17) is 39.3 Å². The molecule has 0 bridgehead atoms. The van der Waals surface area contributed by atoms with Crippen molar-refractivity contribution in [3.63, 3.8) is 0 Å². The van der Waals surface area contributed by atoms with E-state index in [0.29, 0.717) is 46.2 Å². The third-order valence-corrected chi connectivity index (χ3v) is 2.05. The Labute approximate surface area is 132 Å². The molecule has 136 valence electrons. The fourth-order valence-corrected chi connectivity index (χ4v) is 1.05. The van der Waals surface area contributed by atoms with Gasteiger partial charge in [0.2, 0.25) is 0 Å². The van der Waals surface area contributed by atoms with Crippen LogP contribution in [-0.2, 0) is 24.0 Å². The van der Waals surface area contributed by atoms with E-state index in [-0.39, 0.29) is 19.8 Å². The van der Waals surface area contributed by atoms with Gasteiger partial charge in [-0.05, 0) is 6.42 Å². The van der Waals surface area contributed by atoms with Crippen LogP contribution < -0.4 is 0 Å². The van der Waals surface area contributed by atoms with Crippen molar-refractivity contribution in [1.29, 1.82) is 0 Å². The number of rotatable bonds is 16. The summed E-state index contributed by atoms with van der Waals surface area (Å²) < 4.78 is 14.8. The normalized spacial score (nSPS) is 10.4. The van der Waals surface area contributed by atoms with Gasteiger partial charge in [0, 0.05) is 6.61 Å². The summed E-state index contributed by atoms with van der Waals surface area (Å²) in [6.45, 7) is 5.58. The van der Waals surface area contributed by atoms with E-state index < -0.39 is 0 Å². The molecular formula is C14H32O8. The van der Waals surface area contributed by atoms with Gasteiger partial charge in [0.1, 0.15) is 13.2 Å². The Morgan fingerprint density at radius 1 is 0.545 bits per heavy atom. The average Bonchev–Trinajstić information content (AvgIpc) is 2.54. The van der Waals surface area contributed by atoms with Crippen molar-refractivity contribution in [1.82, 2.24) is 0 Å². The summed E-state index contributed by atoms with van der Waals surface area (Å²) in [6.07, 6.45) is 2.26. The van der Waals surface area contributed by atoms with Crippen molar-refractivity contribution in [3.05, 3.63) is 0 Å². The largest absolute Gasteiger partial charge is 0.394 e. The van der Waals surface area contributed by atoms with Crippen LogP contribution in [0, 0.1) is 0 Å². The van der Waals surface area contributed by atoms with E-state index >= 15 is 0 Å². The third kappa shape index (κ3) is 27.9. The molecule has 0 heterocycles. The van der Waals surface area contributed by atoms with Crippen LogP contribution in [0.15, 0.2) is 0 Å². The van der Waals surface area contributed by atoms with E-state index in [2.05, 4.69) is 6.92 Å². The number of ether oxygens (including phenoxy) is 3. The molecule has 8 heteroatoms. The first-order valence-corrected chi connectivity index (χ1v) is 7.63. The molecule has 0 atom stereocenters.